The Bertz CT molecular complexity index is 213. The Labute approximate surface area is 79.7 Å². The minimum Gasteiger partial charge on any atom is -0.303 e. The Morgan fingerprint density at radius 1 is 1.38 bits per heavy atom. The minimum atomic E-state index is -0.0405. The zero-order valence-corrected chi connectivity index (χ0v) is 8.67. The van der Waals surface area contributed by atoms with Crippen molar-refractivity contribution in [2.75, 3.05) is 0 Å². The molecule has 1 aliphatic carbocycles. The summed E-state index contributed by atoms with van der Waals surface area (Å²) in [6.45, 7) is 6.43. The average Bonchev–Trinajstić information content (AvgIpc) is 2.01. The van der Waals surface area contributed by atoms with Gasteiger partial charge in [0.15, 0.2) is 0 Å². The van der Waals surface area contributed by atoms with Gasteiger partial charge in [0, 0.05) is 18.8 Å². The fourth-order valence-corrected chi connectivity index (χ4v) is 2.26. The van der Waals surface area contributed by atoms with Crippen molar-refractivity contribution in [1.82, 2.24) is 0 Å². The summed E-state index contributed by atoms with van der Waals surface area (Å²) in [5.41, 5.74) is 0.145. The van der Waals surface area contributed by atoms with Gasteiger partial charge in [-0.2, -0.15) is 0 Å². The zero-order chi connectivity index (χ0) is 10.1. The Balaban J connectivity index is 2.74. The second-order valence-corrected chi connectivity index (χ2v) is 5.05. The van der Waals surface area contributed by atoms with Crippen LogP contribution in [-0.2, 0) is 9.59 Å². The van der Waals surface area contributed by atoms with E-state index in [1.807, 2.05) is 0 Å². The zero-order valence-electron chi connectivity index (χ0n) is 8.67. The number of carbonyl (C=O) groups is 2. The largest absolute Gasteiger partial charge is 0.303 e. The molecule has 0 unspecified atom stereocenters. The Hall–Kier alpha value is -0.660. The lowest BCUT2D eigenvalue weighted by Crippen LogP contribution is -2.34. The van der Waals surface area contributed by atoms with Crippen LogP contribution in [0, 0.1) is 17.3 Å². The van der Waals surface area contributed by atoms with E-state index in [4.69, 9.17) is 0 Å². The van der Waals surface area contributed by atoms with Crippen molar-refractivity contribution in [3.05, 3.63) is 0 Å². The molecule has 0 spiro atoms. The molecule has 13 heavy (non-hydrogen) atoms. The van der Waals surface area contributed by atoms with Gasteiger partial charge in [-0.3, -0.25) is 4.79 Å². The van der Waals surface area contributed by atoms with Gasteiger partial charge >= 0.3 is 0 Å². The van der Waals surface area contributed by atoms with E-state index in [0.29, 0.717) is 18.8 Å². The quantitative estimate of drug-likeness (QED) is 0.583. The van der Waals surface area contributed by atoms with Gasteiger partial charge in [-0.15, -0.1) is 0 Å². The highest BCUT2D eigenvalue weighted by molar-refractivity contribution is 5.82. The highest BCUT2D eigenvalue weighted by Crippen LogP contribution is 2.39. The van der Waals surface area contributed by atoms with Gasteiger partial charge in [-0.05, 0) is 17.8 Å². The second-order valence-electron chi connectivity index (χ2n) is 5.05. The predicted molar refractivity (Wildman–Crippen MR) is 51.4 cm³/mol. The van der Waals surface area contributed by atoms with Crippen LogP contribution >= 0.6 is 0 Å². The van der Waals surface area contributed by atoms with Gasteiger partial charge in [0.1, 0.15) is 12.1 Å². The molecule has 2 nitrogen and oxygen atoms in total. The summed E-state index contributed by atoms with van der Waals surface area (Å²) in [7, 11) is 0. The van der Waals surface area contributed by atoms with Crippen molar-refractivity contribution < 1.29 is 9.59 Å². The molecule has 0 amide bonds. The third-order valence-corrected chi connectivity index (χ3v) is 3.00. The Morgan fingerprint density at radius 3 is 2.46 bits per heavy atom. The number of hydrogen-bond acceptors (Lipinski definition) is 2. The van der Waals surface area contributed by atoms with Gasteiger partial charge < -0.3 is 4.79 Å². The van der Waals surface area contributed by atoms with E-state index in [2.05, 4.69) is 20.8 Å². The van der Waals surface area contributed by atoms with E-state index in [-0.39, 0.29) is 17.1 Å². The Morgan fingerprint density at radius 2 is 2.00 bits per heavy atom. The average molecular weight is 182 g/mol. The fraction of sp³-hybridized carbons (Fsp3) is 0.818. The van der Waals surface area contributed by atoms with Crippen LogP contribution in [0.3, 0.4) is 0 Å². The topological polar surface area (TPSA) is 34.1 Å². The molecule has 1 aliphatic rings. The molecule has 0 bridgehead atoms. The molecular weight excluding hydrogens is 164 g/mol. The monoisotopic (exact) mass is 182 g/mol. The first-order valence-electron chi connectivity index (χ1n) is 4.92. The number of aldehydes is 1. The molecule has 0 radical (unpaired) electrons. The number of Topliss-reactive ketones (excluding diaryl/α,β-unsaturated/α-hetero) is 1. The maximum absolute atomic E-state index is 11.1. The molecule has 0 aromatic carbocycles. The first kappa shape index (κ1) is 10.4. The van der Waals surface area contributed by atoms with Gasteiger partial charge in [0.05, 0.1) is 0 Å². The van der Waals surface area contributed by atoms with Gasteiger partial charge in [-0.25, -0.2) is 0 Å². The van der Waals surface area contributed by atoms with Crippen molar-refractivity contribution in [2.24, 2.45) is 17.3 Å². The molecule has 1 saturated carbocycles. The molecule has 0 N–H and O–H groups in total. The number of ketones is 1. The van der Waals surface area contributed by atoms with E-state index in [0.717, 1.165) is 12.7 Å². The Kier molecular flexibility index (Phi) is 2.89. The maximum atomic E-state index is 11.1. The van der Waals surface area contributed by atoms with E-state index < -0.39 is 0 Å². The molecule has 0 aromatic rings. The molecule has 0 saturated heterocycles. The highest BCUT2D eigenvalue weighted by atomic mass is 16.1. The lowest BCUT2D eigenvalue weighted by atomic mass is 9.67. The lowest BCUT2D eigenvalue weighted by molar-refractivity contribution is -0.128. The molecule has 0 aliphatic heterocycles. The summed E-state index contributed by atoms with van der Waals surface area (Å²) in [5, 5.41) is 0. The standard InChI is InChI=1S/C11H18O2/c1-11(2,3)10-5-4-9(13)6-8(10)7-12/h7-8,10H,4-6H2,1-3H3/t8-,10-/m1/s1. The minimum absolute atomic E-state index is 0.0405. The third-order valence-electron chi connectivity index (χ3n) is 3.00. The van der Waals surface area contributed by atoms with E-state index in [1.165, 1.54) is 0 Å². The first-order chi connectivity index (χ1) is 5.95. The van der Waals surface area contributed by atoms with Crippen molar-refractivity contribution in [3.8, 4) is 0 Å². The van der Waals surface area contributed by atoms with Crippen LogP contribution in [-0.4, -0.2) is 12.1 Å². The van der Waals surface area contributed by atoms with Crippen molar-refractivity contribution in [3.63, 3.8) is 0 Å². The molecule has 2 heteroatoms. The summed E-state index contributed by atoms with van der Waals surface area (Å²) >= 11 is 0. The third kappa shape index (κ3) is 2.39. The van der Waals surface area contributed by atoms with Gasteiger partial charge in [0.2, 0.25) is 0 Å². The number of carbonyl (C=O) groups excluding carboxylic acids is 2. The summed E-state index contributed by atoms with van der Waals surface area (Å²) in [6, 6.07) is 0. The normalized spacial score (nSPS) is 30.2. The smallest absolute Gasteiger partial charge is 0.133 e. The van der Waals surface area contributed by atoms with E-state index in [9.17, 15) is 9.59 Å². The molecular formula is C11H18O2. The van der Waals surface area contributed by atoms with Crippen LogP contribution in [0.1, 0.15) is 40.0 Å². The fourth-order valence-electron chi connectivity index (χ4n) is 2.26. The van der Waals surface area contributed by atoms with Crippen molar-refractivity contribution in [2.45, 2.75) is 40.0 Å². The predicted octanol–water partition coefficient (Wildman–Crippen LogP) is 2.22. The van der Waals surface area contributed by atoms with Crippen molar-refractivity contribution in [1.29, 1.82) is 0 Å². The molecule has 0 aromatic heterocycles. The number of rotatable bonds is 1. The first-order valence-corrected chi connectivity index (χ1v) is 4.92. The van der Waals surface area contributed by atoms with E-state index in [1.54, 1.807) is 0 Å². The highest BCUT2D eigenvalue weighted by Gasteiger charge is 2.36. The molecule has 0 heterocycles. The van der Waals surface area contributed by atoms with E-state index >= 15 is 0 Å². The molecule has 74 valence electrons. The summed E-state index contributed by atoms with van der Waals surface area (Å²) in [4.78, 5) is 22.0. The number of hydrogen-bond donors (Lipinski definition) is 0. The SMILES string of the molecule is CC(C)(C)[C@@H]1CCC(=O)C[C@@H]1C=O. The summed E-state index contributed by atoms with van der Waals surface area (Å²) in [5.74, 6) is 0.585. The van der Waals surface area contributed by atoms with Crippen LogP contribution in [0.15, 0.2) is 0 Å². The summed E-state index contributed by atoms with van der Waals surface area (Å²) in [6.07, 6.45) is 2.97. The maximum Gasteiger partial charge on any atom is 0.133 e. The van der Waals surface area contributed by atoms with Crippen LogP contribution in [0.4, 0.5) is 0 Å². The molecule has 1 rings (SSSR count). The van der Waals surface area contributed by atoms with Crippen molar-refractivity contribution >= 4 is 12.1 Å². The van der Waals surface area contributed by atoms with Crippen LogP contribution in [0.5, 0.6) is 0 Å². The van der Waals surface area contributed by atoms with Crippen LogP contribution in [0.25, 0.3) is 0 Å². The lowest BCUT2D eigenvalue weighted by Gasteiger charge is -2.37. The van der Waals surface area contributed by atoms with Crippen LogP contribution < -0.4 is 0 Å². The molecule has 2 atom stereocenters. The molecule has 1 fully saturated rings. The van der Waals surface area contributed by atoms with Gasteiger partial charge in [-0.1, -0.05) is 20.8 Å². The van der Waals surface area contributed by atoms with Crippen LogP contribution in [0.2, 0.25) is 0 Å². The second kappa shape index (κ2) is 3.60. The summed E-state index contributed by atoms with van der Waals surface area (Å²) < 4.78 is 0. The van der Waals surface area contributed by atoms with Gasteiger partial charge in [0.25, 0.3) is 0 Å².